The normalized spacial score (nSPS) is 20.0. The van der Waals surface area contributed by atoms with E-state index in [1.165, 1.54) is 0 Å². The van der Waals surface area contributed by atoms with Gasteiger partial charge in [-0.25, -0.2) is 30.4 Å². The third-order valence-electron chi connectivity index (χ3n) is 4.95. The highest BCUT2D eigenvalue weighted by atomic mass is 32.2. The van der Waals surface area contributed by atoms with Crippen molar-refractivity contribution in [2.24, 2.45) is 5.92 Å². The maximum atomic E-state index is 14.3. The zero-order valence-corrected chi connectivity index (χ0v) is 16.8. The van der Waals surface area contributed by atoms with E-state index in [1.54, 1.807) is 6.92 Å². The van der Waals surface area contributed by atoms with Gasteiger partial charge in [0, 0.05) is 37.0 Å². The molecule has 3 rings (SSSR count). The molecular weight excluding hydrogens is 447 g/mol. The molecule has 2 unspecified atom stereocenters. The summed E-state index contributed by atoms with van der Waals surface area (Å²) in [7, 11) is -4.48. The van der Waals surface area contributed by atoms with Crippen LogP contribution in [0.25, 0.3) is 0 Å². The lowest BCUT2D eigenvalue weighted by Crippen LogP contribution is -2.45. The number of amides is 1. The highest BCUT2D eigenvalue weighted by molar-refractivity contribution is 7.89. The van der Waals surface area contributed by atoms with Crippen LogP contribution in [0.4, 0.5) is 27.6 Å². The SMILES string of the molecule is CC1CN(S(=O)(=O)c2cc(C(=O)Nc3cc(F)c(F)c(F)c3)c(F)cc2F)CCC1O. The lowest BCUT2D eigenvalue weighted by atomic mass is 9.99. The van der Waals surface area contributed by atoms with Crippen molar-refractivity contribution >= 4 is 21.6 Å². The number of sulfonamides is 1. The summed E-state index contributed by atoms with van der Waals surface area (Å²) in [6.07, 6.45) is -0.625. The van der Waals surface area contributed by atoms with E-state index in [1.807, 2.05) is 5.32 Å². The van der Waals surface area contributed by atoms with Crippen LogP contribution in [-0.2, 0) is 10.0 Å². The van der Waals surface area contributed by atoms with Crippen molar-refractivity contribution in [3.05, 3.63) is 58.9 Å². The molecule has 2 aromatic carbocycles. The molecule has 31 heavy (non-hydrogen) atoms. The molecule has 0 bridgehead atoms. The van der Waals surface area contributed by atoms with Crippen molar-refractivity contribution in [3.63, 3.8) is 0 Å². The number of hydrogen-bond donors (Lipinski definition) is 2. The Morgan fingerprint density at radius 2 is 1.65 bits per heavy atom. The molecule has 0 aromatic heterocycles. The smallest absolute Gasteiger partial charge is 0.258 e. The van der Waals surface area contributed by atoms with Gasteiger partial charge in [-0.1, -0.05) is 6.92 Å². The average Bonchev–Trinajstić information content (AvgIpc) is 2.67. The quantitative estimate of drug-likeness (QED) is 0.538. The Kier molecular flexibility index (Phi) is 6.35. The molecule has 2 aromatic rings. The van der Waals surface area contributed by atoms with E-state index in [0.717, 1.165) is 4.31 Å². The molecule has 12 heteroatoms. The van der Waals surface area contributed by atoms with Crippen LogP contribution in [-0.4, -0.2) is 42.9 Å². The van der Waals surface area contributed by atoms with E-state index >= 15 is 0 Å². The van der Waals surface area contributed by atoms with Crippen molar-refractivity contribution in [2.75, 3.05) is 18.4 Å². The van der Waals surface area contributed by atoms with Gasteiger partial charge in [-0.3, -0.25) is 4.79 Å². The van der Waals surface area contributed by atoms with Crippen molar-refractivity contribution in [2.45, 2.75) is 24.3 Å². The van der Waals surface area contributed by atoms with Gasteiger partial charge in [0.2, 0.25) is 10.0 Å². The first-order valence-corrected chi connectivity index (χ1v) is 10.5. The molecule has 1 saturated heterocycles. The van der Waals surface area contributed by atoms with Crippen LogP contribution in [0.2, 0.25) is 0 Å². The number of benzene rings is 2. The zero-order chi connectivity index (χ0) is 23.1. The molecular formula is C19H17F5N2O4S. The van der Waals surface area contributed by atoms with E-state index in [4.69, 9.17) is 0 Å². The molecule has 0 aliphatic carbocycles. The summed E-state index contributed by atoms with van der Waals surface area (Å²) < 4.78 is 94.8. The topological polar surface area (TPSA) is 86.7 Å². The number of carbonyl (C=O) groups is 1. The van der Waals surface area contributed by atoms with E-state index < -0.39 is 73.2 Å². The Morgan fingerprint density at radius 3 is 2.23 bits per heavy atom. The number of halogens is 5. The molecule has 0 saturated carbocycles. The standard InChI is InChI=1S/C19H17F5N2O4S/c1-9-8-26(3-2-16(9)27)31(29,30)17-6-11(12(20)7-13(17)21)19(28)25-10-4-14(22)18(24)15(23)5-10/h4-7,9,16,27H,2-3,8H2,1H3,(H,25,28). The van der Waals surface area contributed by atoms with Crippen molar-refractivity contribution in [1.29, 1.82) is 0 Å². The Hall–Kier alpha value is -2.57. The number of nitrogens with zero attached hydrogens (tertiary/aromatic N) is 1. The highest BCUT2D eigenvalue weighted by Crippen LogP contribution is 2.28. The Balaban J connectivity index is 1.95. The second-order valence-electron chi connectivity index (χ2n) is 7.17. The first-order valence-electron chi connectivity index (χ1n) is 9.05. The largest absolute Gasteiger partial charge is 0.393 e. The number of carbonyl (C=O) groups excluding carboxylic acids is 1. The van der Waals surface area contributed by atoms with Crippen LogP contribution in [0.15, 0.2) is 29.2 Å². The van der Waals surface area contributed by atoms with Gasteiger partial charge < -0.3 is 10.4 Å². The predicted molar refractivity (Wildman–Crippen MR) is 99.2 cm³/mol. The molecule has 6 nitrogen and oxygen atoms in total. The molecule has 0 radical (unpaired) electrons. The van der Waals surface area contributed by atoms with Crippen LogP contribution >= 0.6 is 0 Å². The van der Waals surface area contributed by atoms with E-state index in [2.05, 4.69) is 0 Å². The van der Waals surface area contributed by atoms with Gasteiger partial charge in [-0.2, -0.15) is 4.31 Å². The third kappa shape index (κ3) is 4.55. The van der Waals surface area contributed by atoms with Gasteiger partial charge in [-0.15, -0.1) is 0 Å². The van der Waals surface area contributed by atoms with E-state index in [-0.39, 0.29) is 25.6 Å². The lowest BCUT2D eigenvalue weighted by Gasteiger charge is -2.33. The highest BCUT2D eigenvalue weighted by Gasteiger charge is 2.35. The Labute approximate surface area is 174 Å². The summed E-state index contributed by atoms with van der Waals surface area (Å²) in [6.45, 7) is 1.38. The first kappa shape index (κ1) is 23.1. The van der Waals surface area contributed by atoms with Crippen LogP contribution in [0, 0.1) is 35.0 Å². The number of rotatable bonds is 4. The zero-order valence-electron chi connectivity index (χ0n) is 16.0. The molecule has 1 fully saturated rings. The number of aliphatic hydroxyl groups excluding tert-OH is 1. The van der Waals surface area contributed by atoms with Gasteiger partial charge in [0.05, 0.1) is 11.7 Å². The van der Waals surface area contributed by atoms with Crippen LogP contribution < -0.4 is 5.32 Å². The minimum Gasteiger partial charge on any atom is -0.393 e. The van der Waals surface area contributed by atoms with Crippen molar-refractivity contribution in [3.8, 4) is 0 Å². The minimum absolute atomic E-state index is 0.109. The second-order valence-corrected chi connectivity index (χ2v) is 9.07. The Bertz CT molecular complexity index is 1120. The fourth-order valence-corrected chi connectivity index (χ4v) is 4.81. The third-order valence-corrected chi connectivity index (χ3v) is 6.83. The van der Waals surface area contributed by atoms with Crippen molar-refractivity contribution in [1.82, 2.24) is 4.31 Å². The first-order chi connectivity index (χ1) is 14.4. The maximum Gasteiger partial charge on any atom is 0.258 e. The van der Waals surface area contributed by atoms with Gasteiger partial charge in [0.25, 0.3) is 5.91 Å². The second kappa shape index (κ2) is 8.52. The number of nitrogens with one attached hydrogen (secondary N) is 1. The average molecular weight is 464 g/mol. The summed E-state index contributed by atoms with van der Waals surface area (Å²) in [4.78, 5) is 11.4. The van der Waals surface area contributed by atoms with E-state index in [9.17, 15) is 40.3 Å². The molecule has 1 heterocycles. The molecule has 1 aliphatic heterocycles. The van der Waals surface area contributed by atoms with Crippen LogP contribution in [0.3, 0.4) is 0 Å². The number of anilines is 1. The van der Waals surface area contributed by atoms with Gasteiger partial charge in [-0.05, 0) is 18.4 Å². The summed E-state index contributed by atoms with van der Waals surface area (Å²) in [5.74, 6) is -9.62. The monoisotopic (exact) mass is 464 g/mol. The number of piperidine rings is 1. The molecule has 2 atom stereocenters. The van der Waals surface area contributed by atoms with Crippen LogP contribution in [0.1, 0.15) is 23.7 Å². The molecule has 0 spiro atoms. The summed E-state index contributed by atoms with van der Waals surface area (Å²) >= 11 is 0. The molecule has 2 N–H and O–H groups in total. The fourth-order valence-electron chi connectivity index (χ4n) is 3.18. The predicted octanol–water partition coefficient (Wildman–Crippen LogP) is 3.03. The number of aliphatic hydroxyl groups is 1. The van der Waals surface area contributed by atoms with Gasteiger partial charge >= 0.3 is 0 Å². The van der Waals surface area contributed by atoms with Gasteiger partial charge in [0.15, 0.2) is 17.5 Å². The van der Waals surface area contributed by atoms with Gasteiger partial charge in [0.1, 0.15) is 16.5 Å². The fraction of sp³-hybridized carbons (Fsp3) is 0.316. The van der Waals surface area contributed by atoms with E-state index in [0.29, 0.717) is 18.2 Å². The minimum atomic E-state index is -4.48. The summed E-state index contributed by atoms with van der Waals surface area (Å²) in [5.41, 5.74) is -1.47. The molecule has 168 valence electrons. The van der Waals surface area contributed by atoms with Crippen LogP contribution in [0.5, 0.6) is 0 Å². The Morgan fingerprint density at radius 1 is 1.03 bits per heavy atom. The maximum absolute atomic E-state index is 14.3. The molecule has 1 aliphatic rings. The van der Waals surface area contributed by atoms with Crippen molar-refractivity contribution < 1.29 is 40.3 Å². The number of hydrogen-bond acceptors (Lipinski definition) is 4. The lowest BCUT2D eigenvalue weighted by molar-refractivity contribution is 0.0628. The summed E-state index contributed by atoms with van der Waals surface area (Å²) in [6, 6.07) is 1.56. The summed E-state index contributed by atoms with van der Waals surface area (Å²) in [5, 5.41) is 11.7. The molecule has 1 amide bonds.